The van der Waals surface area contributed by atoms with Gasteiger partial charge < -0.3 is 5.73 Å². The predicted molar refractivity (Wildman–Crippen MR) is 80.9 cm³/mol. The third kappa shape index (κ3) is 4.69. The fourth-order valence-electron chi connectivity index (χ4n) is 2.64. The van der Waals surface area contributed by atoms with Gasteiger partial charge in [0.1, 0.15) is 0 Å². The van der Waals surface area contributed by atoms with Crippen molar-refractivity contribution in [2.45, 2.75) is 50.5 Å². The van der Waals surface area contributed by atoms with Crippen molar-refractivity contribution in [1.82, 2.24) is 4.90 Å². The lowest BCUT2D eigenvalue weighted by Gasteiger charge is -2.36. The number of hydrogen-bond acceptors (Lipinski definition) is 2. The van der Waals surface area contributed by atoms with Gasteiger partial charge in [-0.2, -0.15) is 13.2 Å². The Kier molecular flexibility index (Phi) is 5.33. The predicted octanol–water partition coefficient (Wildman–Crippen LogP) is 4.25. The number of halogens is 4. The summed E-state index contributed by atoms with van der Waals surface area (Å²) in [5.74, 6) is 0. The molecule has 0 heterocycles. The number of rotatable bonds is 6. The molecule has 1 aromatic rings. The van der Waals surface area contributed by atoms with E-state index in [0.29, 0.717) is 6.42 Å². The van der Waals surface area contributed by atoms with Crippen LogP contribution < -0.4 is 5.73 Å². The van der Waals surface area contributed by atoms with Crippen molar-refractivity contribution in [3.05, 3.63) is 34.3 Å². The Balaban J connectivity index is 2.30. The molecule has 6 heteroatoms. The van der Waals surface area contributed by atoms with Crippen LogP contribution in [-0.4, -0.2) is 29.7 Å². The second-order valence-electron chi connectivity index (χ2n) is 5.59. The SMILES string of the molecule is CCC(N)C(c1ccc(Br)cc1)N(CC(F)(F)F)C1CC1. The number of nitrogens with two attached hydrogens (primary N) is 1. The van der Waals surface area contributed by atoms with Crippen molar-refractivity contribution in [3.8, 4) is 0 Å². The largest absolute Gasteiger partial charge is 0.401 e. The Morgan fingerprint density at radius 1 is 1.29 bits per heavy atom. The fourth-order valence-corrected chi connectivity index (χ4v) is 2.90. The second kappa shape index (κ2) is 6.67. The molecule has 0 aliphatic heterocycles. The van der Waals surface area contributed by atoms with Crippen LogP contribution in [0.4, 0.5) is 13.2 Å². The van der Waals surface area contributed by atoms with Gasteiger partial charge in [-0.25, -0.2) is 0 Å². The van der Waals surface area contributed by atoms with Crippen molar-refractivity contribution in [2.75, 3.05) is 6.54 Å². The van der Waals surface area contributed by atoms with Crippen LogP contribution in [0.5, 0.6) is 0 Å². The van der Waals surface area contributed by atoms with Crippen molar-refractivity contribution < 1.29 is 13.2 Å². The molecule has 2 unspecified atom stereocenters. The fraction of sp³-hybridized carbons (Fsp3) is 0.600. The molecule has 21 heavy (non-hydrogen) atoms. The van der Waals surface area contributed by atoms with Crippen LogP contribution in [0.25, 0.3) is 0 Å². The smallest absolute Gasteiger partial charge is 0.326 e. The van der Waals surface area contributed by atoms with Crippen LogP contribution in [0.3, 0.4) is 0 Å². The molecular formula is C15H20BrF3N2. The first-order chi connectivity index (χ1) is 9.81. The summed E-state index contributed by atoms with van der Waals surface area (Å²) in [6.45, 7) is 1.02. The zero-order valence-corrected chi connectivity index (χ0v) is 13.5. The maximum atomic E-state index is 12.9. The van der Waals surface area contributed by atoms with E-state index in [1.165, 1.54) is 4.90 Å². The average Bonchev–Trinajstić information content (AvgIpc) is 3.22. The van der Waals surface area contributed by atoms with Crippen LogP contribution in [0, 0.1) is 0 Å². The first kappa shape index (κ1) is 16.8. The third-order valence-corrected chi connectivity index (χ3v) is 4.35. The molecule has 0 radical (unpaired) electrons. The monoisotopic (exact) mass is 364 g/mol. The minimum absolute atomic E-state index is 0.00197. The Bertz CT molecular complexity index is 457. The number of alkyl halides is 3. The van der Waals surface area contributed by atoms with Gasteiger partial charge in [-0.3, -0.25) is 4.90 Å². The van der Waals surface area contributed by atoms with Crippen LogP contribution in [0.2, 0.25) is 0 Å². The first-order valence-electron chi connectivity index (χ1n) is 7.15. The molecule has 0 saturated heterocycles. The Labute approximate surface area is 131 Å². The highest BCUT2D eigenvalue weighted by atomic mass is 79.9. The first-order valence-corrected chi connectivity index (χ1v) is 7.94. The van der Waals surface area contributed by atoms with E-state index in [0.717, 1.165) is 22.9 Å². The molecule has 2 rings (SSSR count). The summed E-state index contributed by atoms with van der Waals surface area (Å²) in [7, 11) is 0. The highest BCUT2D eigenvalue weighted by Gasteiger charge is 2.43. The number of hydrogen-bond donors (Lipinski definition) is 1. The van der Waals surface area contributed by atoms with E-state index in [1.54, 1.807) is 0 Å². The molecule has 0 aromatic heterocycles. The van der Waals surface area contributed by atoms with Crippen LogP contribution >= 0.6 is 15.9 Å². The molecule has 2 N–H and O–H groups in total. The molecule has 1 aliphatic carbocycles. The van der Waals surface area contributed by atoms with E-state index in [9.17, 15) is 13.2 Å². The number of nitrogens with zero attached hydrogens (tertiary/aromatic N) is 1. The Morgan fingerprint density at radius 2 is 1.86 bits per heavy atom. The summed E-state index contributed by atoms with van der Waals surface area (Å²) in [6, 6.07) is 6.71. The minimum atomic E-state index is -4.20. The van der Waals surface area contributed by atoms with Gasteiger partial charge in [-0.05, 0) is 37.0 Å². The molecule has 0 bridgehead atoms. The molecule has 0 spiro atoms. The lowest BCUT2D eigenvalue weighted by molar-refractivity contribution is -0.153. The molecular weight excluding hydrogens is 345 g/mol. The van der Waals surface area contributed by atoms with Gasteiger partial charge >= 0.3 is 6.18 Å². The van der Waals surface area contributed by atoms with Crippen LogP contribution in [0.15, 0.2) is 28.7 Å². The van der Waals surface area contributed by atoms with E-state index >= 15 is 0 Å². The van der Waals surface area contributed by atoms with E-state index < -0.39 is 18.8 Å². The van der Waals surface area contributed by atoms with E-state index in [2.05, 4.69) is 15.9 Å². The van der Waals surface area contributed by atoms with E-state index in [1.807, 2.05) is 31.2 Å². The number of benzene rings is 1. The summed E-state index contributed by atoms with van der Waals surface area (Å²) in [5, 5.41) is 0. The minimum Gasteiger partial charge on any atom is -0.326 e. The van der Waals surface area contributed by atoms with Gasteiger partial charge in [0.05, 0.1) is 12.6 Å². The van der Waals surface area contributed by atoms with Crippen molar-refractivity contribution in [2.24, 2.45) is 5.73 Å². The molecule has 1 fully saturated rings. The molecule has 0 amide bonds. The van der Waals surface area contributed by atoms with Gasteiger partial charge in [-0.15, -0.1) is 0 Å². The van der Waals surface area contributed by atoms with Crippen LogP contribution in [0.1, 0.15) is 37.8 Å². The van der Waals surface area contributed by atoms with Gasteiger partial charge in [0, 0.05) is 16.6 Å². The normalized spacial score (nSPS) is 18.8. The Morgan fingerprint density at radius 3 is 2.29 bits per heavy atom. The summed E-state index contributed by atoms with van der Waals surface area (Å²) in [6.07, 6.45) is -1.93. The summed E-state index contributed by atoms with van der Waals surface area (Å²) < 4.78 is 39.6. The van der Waals surface area contributed by atoms with E-state index in [4.69, 9.17) is 5.73 Å². The van der Waals surface area contributed by atoms with Crippen molar-refractivity contribution in [1.29, 1.82) is 0 Å². The second-order valence-corrected chi connectivity index (χ2v) is 6.50. The van der Waals surface area contributed by atoms with Crippen molar-refractivity contribution in [3.63, 3.8) is 0 Å². The van der Waals surface area contributed by atoms with Gasteiger partial charge in [0.15, 0.2) is 0 Å². The molecule has 1 saturated carbocycles. The average molecular weight is 365 g/mol. The molecule has 1 aromatic carbocycles. The third-order valence-electron chi connectivity index (χ3n) is 3.82. The summed E-state index contributed by atoms with van der Waals surface area (Å²) >= 11 is 3.35. The zero-order chi connectivity index (χ0) is 15.6. The quantitative estimate of drug-likeness (QED) is 0.817. The van der Waals surface area contributed by atoms with Gasteiger partial charge in [-0.1, -0.05) is 35.0 Å². The van der Waals surface area contributed by atoms with Crippen LogP contribution in [-0.2, 0) is 0 Å². The van der Waals surface area contributed by atoms with E-state index in [-0.39, 0.29) is 12.1 Å². The van der Waals surface area contributed by atoms with Gasteiger partial charge in [0.2, 0.25) is 0 Å². The maximum absolute atomic E-state index is 12.9. The summed E-state index contributed by atoms with van der Waals surface area (Å²) in [5.41, 5.74) is 7.00. The lowest BCUT2D eigenvalue weighted by atomic mass is 9.96. The zero-order valence-electron chi connectivity index (χ0n) is 11.9. The van der Waals surface area contributed by atoms with Crippen molar-refractivity contribution >= 4 is 15.9 Å². The standard InChI is InChI=1S/C15H20BrF3N2/c1-2-13(20)14(10-3-5-11(16)6-4-10)21(12-7-8-12)9-15(17,18)19/h3-6,12-14H,2,7-9,20H2,1H3. The lowest BCUT2D eigenvalue weighted by Crippen LogP contribution is -2.46. The Hall–Kier alpha value is -0.590. The topological polar surface area (TPSA) is 29.3 Å². The summed E-state index contributed by atoms with van der Waals surface area (Å²) in [4.78, 5) is 1.54. The molecule has 2 nitrogen and oxygen atoms in total. The molecule has 2 atom stereocenters. The highest BCUT2D eigenvalue weighted by molar-refractivity contribution is 9.10. The highest BCUT2D eigenvalue weighted by Crippen LogP contribution is 2.38. The maximum Gasteiger partial charge on any atom is 0.401 e. The molecule has 118 valence electrons. The molecule has 1 aliphatic rings. The van der Waals surface area contributed by atoms with Gasteiger partial charge in [0.25, 0.3) is 0 Å².